The monoisotopic (exact) mass is 380 g/mol. The minimum absolute atomic E-state index is 0.00723. The van der Waals surface area contributed by atoms with Gasteiger partial charge in [-0.1, -0.05) is 54.8 Å². The average molecular weight is 381 g/mol. The molecule has 28 heavy (non-hydrogen) atoms. The van der Waals surface area contributed by atoms with Gasteiger partial charge in [0.25, 0.3) is 0 Å². The molecule has 5 heteroatoms. The smallest absolute Gasteiger partial charge is 0.0892 e. The fourth-order valence-corrected chi connectivity index (χ4v) is 5.25. The molecule has 2 aromatic rings. The third kappa shape index (κ3) is 3.87. The molecule has 150 valence electrons. The lowest BCUT2D eigenvalue weighted by atomic mass is 9.85. The fourth-order valence-electron chi connectivity index (χ4n) is 5.25. The minimum Gasteiger partial charge on any atom is -0.390 e. The van der Waals surface area contributed by atoms with Crippen molar-refractivity contribution in [3.63, 3.8) is 0 Å². The highest BCUT2D eigenvalue weighted by molar-refractivity contribution is 5.20. The number of β-amino-alcohol motifs (C(OH)–C–C–N with tert-alkyl or cyclic N) is 1. The summed E-state index contributed by atoms with van der Waals surface area (Å²) in [6.07, 6.45) is 11.8. The van der Waals surface area contributed by atoms with E-state index in [4.69, 9.17) is 0 Å². The van der Waals surface area contributed by atoms with Crippen LogP contribution >= 0.6 is 0 Å². The topological polar surface area (TPSA) is 54.2 Å². The summed E-state index contributed by atoms with van der Waals surface area (Å²) in [5.41, 5.74) is 2.46. The summed E-state index contributed by atoms with van der Waals surface area (Å²) in [5.74, 6) is 1.37. The maximum atomic E-state index is 11.0. The third-order valence-electron chi connectivity index (χ3n) is 7.04. The molecular weight excluding hydrogens is 348 g/mol. The Morgan fingerprint density at radius 2 is 1.79 bits per heavy atom. The van der Waals surface area contributed by atoms with E-state index >= 15 is 0 Å². The molecule has 2 aliphatic carbocycles. The van der Waals surface area contributed by atoms with E-state index in [-0.39, 0.29) is 6.04 Å². The van der Waals surface area contributed by atoms with Gasteiger partial charge in [-0.25, -0.2) is 4.68 Å². The molecule has 5 nitrogen and oxygen atoms in total. The molecule has 3 aliphatic rings. The zero-order valence-corrected chi connectivity index (χ0v) is 16.7. The Balaban J connectivity index is 1.37. The van der Waals surface area contributed by atoms with Crippen LogP contribution < -0.4 is 0 Å². The molecule has 0 unspecified atom stereocenters. The largest absolute Gasteiger partial charge is 0.390 e. The predicted molar refractivity (Wildman–Crippen MR) is 109 cm³/mol. The van der Waals surface area contributed by atoms with E-state index in [1.807, 2.05) is 4.68 Å². The first-order valence-electron chi connectivity index (χ1n) is 11.2. The normalized spacial score (nSPS) is 29.8. The summed E-state index contributed by atoms with van der Waals surface area (Å²) in [6, 6.07) is 11.2. The number of nitrogens with zero attached hydrogens (tertiary/aromatic N) is 4. The van der Waals surface area contributed by atoms with Crippen molar-refractivity contribution in [1.82, 2.24) is 19.9 Å². The zero-order chi connectivity index (χ0) is 18.9. The van der Waals surface area contributed by atoms with Gasteiger partial charge >= 0.3 is 0 Å². The summed E-state index contributed by atoms with van der Waals surface area (Å²) in [7, 11) is 0. The number of likely N-dealkylation sites (tertiary alicyclic amines) is 1. The average Bonchev–Trinajstić information content (AvgIpc) is 3.47. The lowest BCUT2D eigenvalue weighted by molar-refractivity contribution is -0.0181. The summed E-state index contributed by atoms with van der Waals surface area (Å²) in [4.78, 5) is 2.55. The lowest BCUT2D eigenvalue weighted by Gasteiger charge is -2.44. The molecule has 3 atom stereocenters. The molecule has 0 radical (unpaired) electrons. The van der Waals surface area contributed by atoms with Crippen molar-refractivity contribution < 1.29 is 5.11 Å². The van der Waals surface area contributed by atoms with E-state index in [1.165, 1.54) is 50.5 Å². The van der Waals surface area contributed by atoms with Gasteiger partial charge in [-0.3, -0.25) is 4.90 Å². The van der Waals surface area contributed by atoms with Crippen molar-refractivity contribution in [2.45, 2.75) is 75.5 Å². The van der Waals surface area contributed by atoms with Crippen LogP contribution in [0.2, 0.25) is 0 Å². The molecule has 5 rings (SSSR count). The number of piperidine rings is 1. The van der Waals surface area contributed by atoms with E-state index in [0.717, 1.165) is 31.1 Å². The van der Waals surface area contributed by atoms with Gasteiger partial charge in [-0.05, 0) is 43.6 Å². The van der Waals surface area contributed by atoms with E-state index in [9.17, 15) is 5.11 Å². The molecule has 1 aromatic heterocycles. The van der Waals surface area contributed by atoms with Crippen LogP contribution in [0.4, 0.5) is 0 Å². The molecule has 2 heterocycles. The number of benzene rings is 1. The van der Waals surface area contributed by atoms with Crippen molar-refractivity contribution in [3.05, 3.63) is 47.8 Å². The highest BCUT2D eigenvalue weighted by Gasteiger charge is 2.38. The summed E-state index contributed by atoms with van der Waals surface area (Å²) in [6.45, 7) is 1.83. The van der Waals surface area contributed by atoms with E-state index in [0.29, 0.717) is 12.0 Å². The first-order chi connectivity index (χ1) is 13.8. The summed E-state index contributed by atoms with van der Waals surface area (Å²) in [5, 5.41) is 19.8. The SMILES string of the molecule is O[C@@H]1CN(CC2CCCCC2)[C@@H](c2ccccc2)C[C@@H]1n1cc(C2CC2)nn1. The van der Waals surface area contributed by atoms with E-state index < -0.39 is 6.10 Å². The molecule has 0 amide bonds. The van der Waals surface area contributed by atoms with Crippen LogP contribution in [0.15, 0.2) is 36.5 Å². The molecule has 1 N–H and O–H groups in total. The van der Waals surface area contributed by atoms with Gasteiger partial charge in [0.15, 0.2) is 0 Å². The highest BCUT2D eigenvalue weighted by atomic mass is 16.3. The van der Waals surface area contributed by atoms with Gasteiger partial charge in [-0.2, -0.15) is 0 Å². The molecule has 3 fully saturated rings. The molecule has 1 aliphatic heterocycles. The number of aromatic nitrogens is 3. The number of rotatable bonds is 5. The fraction of sp³-hybridized carbons (Fsp3) is 0.652. The van der Waals surface area contributed by atoms with Crippen molar-refractivity contribution in [2.24, 2.45) is 5.92 Å². The number of aliphatic hydroxyl groups excluding tert-OH is 1. The molecule has 2 saturated carbocycles. The maximum absolute atomic E-state index is 11.0. The van der Waals surface area contributed by atoms with Gasteiger partial charge in [0, 0.05) is 31.2 Å². The Kier molecular flexibility index (Phi) is 5.20. The Morgan fingerprint density at radius 1 is 1.00 bits per heavy atom. The molecular formula is C23H32N4O. The number of hydrogen-bond donors (Lipinski definition) is 1. The lowest BCUT2D eigenvalue weighted by Crippen LogP contribution is -2.48. The third-order valence-corrected chi connectivity index (χ3v) is 7.04. The Labute approximate surface area is 167 Å². The van der Waals surface area contributed by atoms with Crippen molar-refractivity contribution in [2.75, 3.05) is 13.1 Å². The van der Waals surface area contributed by atoms with Crippen molar-refractivity contribution in [1.29, 1.82) is 0 Å². The highest BCUT2D eigenvalue weighted by Crippen LogP contribution is 2.41. The minimum atomic E-state index is -0.391. The molecule has 1 saturated heterocycles. The second-order valence-corrected chi connectivity index (χ2v) is 9.15. The Bertz CT molecular complexity index is 766. The van der Waals surface area contributed by atoms with Gasteiger partial charge in [-0.15, -0.1) is 5.10 Å². The molecule has 0 spiro atoms. The van der Waals surface area contributed by atoms with Crippen LogP contribution in [0.5, 0.6) is 0 Å². The van der Waals surface area contributed by atoms with Crippen LogP contribution in [-0.4, -0.2) is 44.2 Å². The van der Waals surface area contributed by atoms with Crippen molar-refractivity contribution >= 4 is 0 Å². The molecule has 0 bridgehead atoms. The van der Waals surface area contributed by atoms with Gasteiger partial charge in [0.2, 0.25) is 0 Å². The Hall–Kier alpha value is -1.72. The maximum Gasteiger partial charge on any atom is 0.0892 e. The number of aliphatic hydroxyl groups is 1. The second kappa shape index (κ2) is 7.96. The number of hydrogen-bond acceptors (Lipinski definition) is 4. The van der Waals surface area contributed by atoms with Crippen LogP contribution in [0.25, 0.3) is 0 Å². The molecule has 1 aromatic carbocycles. The second-order valence-electron chi connectivity index (χ2n) is 9.15. The quantitative estimate of drug-likeness (QED) is 0.849. The summed E-state index contributed by atoms with van der Waals surface area (Å²) < 4.78 is 1.95. The first kappa shape index (κ1) is 18.3. The van der Waals surface area contributed by atoms with E-state index in [1.54, 1.807) is 0 Å². The first-order valence-corrected chi connectivity index (χ1v) is 11.2. The standard InChI is InChI=1S/C23H32N4O/c28-23-16-26(14-17-7-3-1-4-8-17)21(19-9-5-2-6-10-19)13-22(23)27-15-20(24-25-27)18-11-12-18/h2,5-6,9-10,15,17-18,21-23,28H,1,3-4,7-8,11-14,16H2/t21-,22+,23-/m1/s1. The van der Waals surface area contributed by atoms with Gasteiger partial charge < -0.3 is 5.11 Å². The van der Waals surface area contributed by atoms with Gasteiger partial charge in [0.1, 0.15) is 0 Å². The van der Waals surface area contributed by atoms with Crippen LogP contribution in [0, 0.1) is 5.92 Å². The van der Waals surface area contributed by atoms with Crippen molar-refractivity contribution in [3.8, 4) is 0 Å². The summed E-state index contributed by atoms with van der Waals surface area (Å²) >= 11 is 0. The predicted octanol–water partition coefficient (Wildman–Crippen LogP) is 4.08. The van der Waals surface area contributed by atoms with Gasteiger partial charge in [0.05, 0.1) is 17.8 Å². The van der Waals surface area contributed by atoms with Crippen LogP contribution in [0.3, 0.4) is 0 Å². The zero-order valence-electron chi connectivity index (χ0n) is 16.7. The van der Waals surface area contributed by atoms with Crippen LogP contribution in [0.1, 0.15) is 80.6 Å². The van der Waals surface area contributed by atoms with E-state index in [2.05, 4.69) is 51.7 Å². The Morgan fingerprint density at radius 3 is 2.54 bits per heavy atom. The van der Waals surface area contributed by atoms with Crippen LogP contribution in [-0.2, 0) is 0 Å².